The third-order valence-corrected chi connectivity index (χ3v) is 5.78. The highest BCUT2D eigenvalue weighted by molar-refractivity contribution is 5.95. The molecule has 1 atom stereocenters. The van der Waals surface area contributed by atoms with Crippen molar-refractivity contribution in [2.45, 2.75) is 45.8 Å². The minimum absolute atomic E-state index is 0.0296. The van der Waals surface area contributed by atoms with Gasteiger partial charge >= 0.3 is 6.09 Å². The number of nitrogens with zero attached hydrogens (tertiary/aromatic N) is 4. The van der Waals surface area contributed by atoms with Crippen LogP contribution in [0.25, 0.3) is 10.9 Å². The lowest BCUT2D eigenvalue weighted by Gasteiger charge is -2.24. The molecule has 0 radical (unpaired) electrons. The van der Waals surface area contributed by atoms with E-state index in [1.165, 1.54) is 0 Å². The molecule has 1 aromatic carbocycles. The number of anilines is 1. The van der Waals surface area contributed by atoms with E-state index in [0.717, 1.165) is 23.1 Å². The predicted molar refractivity (Wildman–Crippen MR) is 134 cm³/mol. The van der Waals surface area contributed by atoms with Crippen molar-refractivity contribution < 1.29 is 19.0 Å². The van der Waals surface area contributed by atoms with Gasteiger partial charge in [0.25, 0.3) is 0 Å². The van der Waals surface area contributed by atoms with Gasteiger partial charge in [-0.3, -0.25) is 4.68 Å². The molecule has 3 aromatic rings. The lowest BCUT2D eigenvalue weighted by Crippen LogP contribution is -2.35. The summed E-state index contributed by atoms with van der Waals surface area (Å²) in [6.45, 7) is 8.64. The highest BCUT2D eigenvalue weighted by Gasteiger charge is 2.32. The molecule has 1 aliphatic heterocycles. The molecule has 35 heavy (non-hydrogen) atoms. The zero-order valence-corrected chi connectivity index (χ0v) is 21.0. The van der Waals surface area contributed by atoms with Crippen LogP contribution < -0.4 is 15.2 Å². The SMILES string of the molecule is COc1cc(C#Cc2nn([C@H]3CCN(C(=O)OC(C)(C)C)C3)c3c(C)cnc(N)c23)cc(OC)c1. The number of carbonyl (C=O) groups is 1. The van der Waals surface area contributed by atoms with Crippen LogP contribution in [0, 0.1) is 18.8 Å². The highest BCUT2D eigenvalue weighted by atomic mass is 16.6. The molecule has 3 heterocycles. The Morgan fingerprint density at radius 3 is 2.46 bits per heavy atom. The van der Waals surface area contributed by atoms with Gasteiger partial charge in [-0.1, -0.05) is 5.92 Å². The molecule has 2 aromatic heterocycles. The maximum Gasteiger partial charge on any atom is 0.410 e. The van der Waals surface area contributed by atoms with Gasteiger partial charge in [0.2, 0.25) is 0 Å². The van der Waals surface area contributed by atoms with Gasteiger partial charge in [0.05, 0.1) is 31.2 Å². The van der Waals surface area contributed by atoms with Crippen molar-refractivity contribution in [3.63, 3.8) is 0 Å². The second-order valence-electron chi connectivity index (χ2n) is 9.56. The standard InChI is InChI=1S/C26H31N5O4/c1-16-14-28-24(27)22-21(8-7-17-11-19(33-5)13-20(12-17)34-6)29-31(23(16)22)18-9-10-30(15-18)25(32)35-26(2,3)4/h11-14,18H,9-10,15H2,1-6H3,(H2,27,28)/t18-/m0/s1. The summed E-state index contributed by atoms with van der Waals surface area (Å²) in [6.07, 6.45) is 2.17. The number of methoxy groups -OCH3 is 2. The van der Waals surface area contributed by atoms with Crippen molar-refractivity contribution in [2.75, 3.05) is 33.0 Å². The van der Waals surface area contributed by atoms with Gasteiger partial charge in [-0.05, 0) is 57.7 Å². The number of carbonyl (C=O) groups excluding carboxylic acids is 1. The highest BCUT2D eigenvalue weighted by Crippen LogP contribution is 2.32. The molecule has 1 aliphatic rings. The van der Waals surface area contributed by atoms with Gasteiger partial charge in [0, 0.05) is 30.9 Å². The lowest BCUT2D eigenvalue weighted by molar-refractivity contribution is 0.0288. The number of amides is 1. The van der Waals surface area contributed by atoms with Gasteiger partial charge in [-0.15, -0.1) is 0 Å². The molecule has 2 N–H and O–H groups in total. The van der Waals surface area contributed by atoms with Crippen LogP contribution in [-0.4, -0.2) is 58.7 Å². The maximum atomic E-state index is 12.6. The average Bonchev–Trinajstić information content (AvgIpc) is 3.44. The Hall–Kier alpha value is -3.93. The fourth-order valence-corrected chi connectivity index (χ4v) is 4.14. The van der Waals surface area contributed by atoms with E-state index in [-0.39, 0.29) is 12.1 Å². The number of benzene rings is 1. The van der Waals surface area contributed by atoms with Crippen LogP contribution in [0.4, 0.5) is 10.6 Å². The molecule has 0 saturated carbocycles. The van der Waals surface area contributed by atoms with E-state index in [0.29, 0.717) is 41.5 Å². The second kappa shape index (κ2) is 9.37. The number of rotatable bonds is 3. The molecule has 1 saturated heterocycles. The average molecular weight is 478 g/mol. The molecule has 0 bridgehead atoms. The van der Waals surface area contributed by atoms with Crippen molar-refractivity contribution >= 4 is 22.8 Å². The fraction of sp³-hybridized carbons (Fsp3) is 0.423. The van der Waals surface area contributed by atoms with Crippen molar-refractivity contribution in [1.29, 1.82) is 0 Å². The fourth-order valence-electron chi connectivity index (χ4n) is 4.14. The molecule has 184 valence electrons. The number of likely N-dealkylation sites (tertiary alicyclic amines) is 1. The number of hydrogen-bond acceptors (Lipinski definition) is 7. The van der Waals surface area contributed by atoms with Crippen molar-refractivity contribution in [2.24, 2.45) is 0 Å². The smallest absolute Gasteiger partial charge is 0.410 e. The lowest BCUT2D eigenvalue weighted by atomic mass is 10.1. The van der Waals surface area contributed by atoms with Crippen LogP contribution in [0.5, 0.6) is 11.5 Å². The summed E-state index contributed by atoms with van der Waals surface area (Å²) >= 11 is 0. The van der Waals surface area contributed by atoms with Crippen molar-refractivity contribution in [1.82, 2.24) is 19.7 Å². The third-order valence-electron chi connectivity index (χ3n) is 5.78. The van der Waals surface area contributed by atoms with Gasteiger partial charge in [-0.25, -0.2) is 9.78 Å². The summed E-state index contributed by atoms with van der Waals surface area (Å²) < 4.78 is 18.2. The second-order valence-corrected chi connectivity index (χ2v) is 9.56. The van der Waals surface area contributed by atoms with E-state index < -0.39 is 5.60 Å². The van der Waals surface area contributed by atoms with Gasteiger partial charge < -0.3 is 24.8 Å². The van der Waals surface area contributed by atoms with E-state index in [1.54, 1.807) is 31.4 Å². The maximum absolute atomic E-state index is 12.6. The van der Waals surface area contributed by atoms with Crippen LogP contribution in [0.3, 0.4) is 0 Å². The van der Waals surface area contributed by atoms with Gasteiger partial charge in [0.15, 0.2) is 0 Å². The molecular formula is C26H31N5O4. The Bertz CT molecular complexity index is 1310. The first-order chi connectivity index (χ1) is 16.6. The number of fused-ring (bicyclic) bond motifs is 1. The van der Waals surface area contributed by atoms with E-state index in [1.807, 2.05) is 44.5 Å². The van der Waals surface area contributed by atoms with Crippen molar-refractivity contribution in [3.8, 4) is 23.3 Å². The number of nitrogen functional groups attached to an aromatic ring is 1. The minimum atomic E-state index is -0.546. The van der Waals surface area contributed by atoms with Crippen LogP contribution in [-0.2, 0) is 4.74 Å². The van der Waals surface area contributed by atoms with Crippen LogP contribution in [0.1, 0.15) is 50.1 Å². The molecule has 0 aliphatic carbocycles. The van der Waals surface area contributed by atoms with Gasteiger partial charge in [0.1, 0.15) is 28.6 Å². The Morgan fingerprint density at radius 2 is 1.83 bits per heavy atom. The molecule has 1 amide bonds. The van der Waals surface area contributed by atoms with Crippen molar-refractivity contribution in [3.05, 3.63) is 41.2 Å². The quantitative estimate of drug-likeness (QED) is 0.570. The van der Waals surface area contributed by atoms with E-state index in [9.17, 15) is 4.79 Å². The Labute approximate surface area is 205 Å². The summed E-state index contributed by atoms with van der Waals surface area (Å²) in [6, 6.07) is 5.42. The summed E-state index contributed by atoms with van der Waals surface area (Å²) in [5, 5.41) is 5.55. The Balaban J connectivity index is 1.72. The molecule has 9 nitrogen and oxygen atoms in total. The van der Waals surface area contributed by atoms with E-state index >= 15 is 0 Å². The number of pyridine rings is 1. The topological polar surface area (TPSA) is 105 Å². The summed E-state index contributed by atoms with van der Waals surface area (Å²) in [5.41, 5.74) is 8.81. The monoisotopic (exact) mass is 477 g/mol. The first-order valence-electron chi connectivity index (χ1n) is 11.5. The zero-order valence-electron chi connectivity index (χ0n) is 21.0. The molecule has 4 rings (SSSR count). The number of nitrogens with two attached hydrogens (primary N) is 1. The number of aryl methyl sites for hydroxylation is 1. The molecule has 0 spiro atoms. The number of hydrogen-bond donors (Lipinski definition) is 1. The summed E-state index contributed by atoms with van der Waals surface area (Å²) in [4.78, 5) is 18.6. The largest absolute Gasteiger partial charge is 0.497 e. The molecule has 1 fully saturated rings. The first kappa shape index (κ1) is 24.2. The minimum Gasteiger partial charge on any atom is -0.497 e. The van der Waals surface area contributed by atoms with Gasteiger partial charge in [-0.2, -0.15) is 5.10 Å². The van der Waals surface area contributed by atoms with Crippen LogP contribution in [0.15, 0.2) is 24.4 Å². The van der Waals surface area contributed by atoms with E-state index in [2.05, 4.69) is 16.8 Å². The third kappa shape index (κ3) is 5.11. The summed E-state index contributed by atoms with van der Waals surface area (Å²) in [7, 11) is 3.19. The molecular weight excluding hydrogens is 446 g/mol. The molecule has 0 unspecified atom stereocenters. The summed E-state index contributed by atoms with van der Waals surface area (Å²) in [5.74, 6) is 7.98. The van der Waals surface area contributed by atoms with Crippen LogP contribution >= 0.6 is 0 Å². The van der Waals surface area contributed by atoms with E-state index in [4.69, 9.17) is 25.0 Å². The Kier molecular flexibility index (Phi) is 6.48. The number of aromatic nitrogens is 3. The normalized spacial score (nSPS) is 15.6. The number of ether oxygens (including phenoxy) is 3. The van der Waals surface area contributed by atoms with Crippen LogP contribution in [0.2, 0.25) is 0 Å². The molecule has 9 heteroatoms. The first-order valence-corrected chi connectivity index (χ1v) is 11.5. The Morgan fingerprint density at radius 1 is 1.14 bits per heavy atom. The zero-order chi connectivity index (χ0) is 25.3. The predicted octanol–water partition coefficient (Wildman–Crippen LogP) is 3.92.